The lowest BCUT2D eigenvalue weighted by Crippen LogP contribution is -2.50. The summed E-state index contributed by atoms with van der Waals surface area (Å²) in [5.74, 6) is 0.682. The average molecular weight is 350 g/mol. The lowest BCUT2D eigenvalue weighted by Gasteiger charge is -2.36. The maximum absolute atomic E-state index is 12.4. The van der Waals surface area contributed by atoms with Gasteiger partial charge in [-0.05, 0) is 42.8 Å². The monoisotopic (exact) mass is 350 g/mol. The van der Waals surface area contributed by atoms with Crippen molar-refractivity contribution >= 4 is 17.3 Å². The van der Waals surface area contributed by atoms with Gasteiger partial charge < -0.3 is 20.3 Å². The fraction of sp³-hybridized carbons (Fsp3) is 0.300. The molecule has 0 saturated carbocycles. The quantitative estimate of drug-likeness (QED) is 0.855. The van der Waals surface area contributed by atoms with Crippen LogP contribution in [0.15, 0.2) is 42.5 Å². The van der Waals surface area contributed by atoms with E-state index in [0.29, 0.717) is 43.2 Å². The second-order valence-corrected chi connectivity index (χ2v) is 6.36. The largest absolute Gasteiger partial charge is 0.484 e. The SMILES string of the molecule is Cc1cccc(OCC(=O)N2CCN(c3ccc(N)cc3C#N)CC2)c1. The van der Waals surface area contributed by atoms with Crippen LogP contribution >= 0.6 is 0 Å². The van der Waals surface area contributed by atoms with E-state index in [0.717, 1.165) is 11.3 Å². The first-order valence-electron chi connectivity index (χ1n) is 8.58. The van der Waals surface area contributed by atoms with Gasteiger partial charge in [0.2, 0.25) is 0 Å². The average Bonchev–Trinajstić information content (AvgIpc) is 2.66. The summed E-state index contributed by atoms with van der Waals surface area (Å²) in [5, 5.41) is 9.30. The number of nitriles is 1. The molecule has 134 valence electrons. The van der Waals surface area contributed by atoms with Gasteiger partial charge in [-0.1, -0.05) is 12.1 Å². The summed E-state index contributed by atoms with van der Waals surface area (Å²) in [4.78, 5) is 16.3. The van der Waals surface area contributed by atoms with Crippen LogP contribution < -0.4 is 15.4 Å². The van der Waals surface area contributed by atoms with Crippen molar-refractivity contribution in [3.63, 3.8) is 0 Å². The lowest BCUT2D eigenvalue weighted by atomic mass is 10.1. The molecule has 1 aliphatic heterocycles. The van der Waals surface area contributed by atoms with Crippen LogP contribution in [0.4, 0.5) is 11.4 Å². The third kappa shape index (κ3) is 4.06. The van der Waals surface area contributed by atoms with Gasteiger partial charge in [-0.2, -0.15) is 5.26 Å². The molecule has 0 atom stereocenters. The fourth-order valence-corrected chi connectivity index (χ4v) is 3.06. The molecule has 6 nitrogen and oxygen atoms in total. The van der Waals surface area contributed by atoms with Crippen LogP contribution in [0.3, 0.4) is 0 Å². The molecule has 1 saturated heterocycles. The molecule has 6 heteroatoms. The van der Waals surface area contributed by atoms with Crippen LogP contribution in [0.5, 0.6) is 5.75 Å². The number of carbonyl (C=O) groups excluding carboxylic acids is 1. The van der Waals surface area contributed by atoms with Crippen LogP contribution in [0.25, 0.3) is 0 Å². The van der Waals surface area contributed by atoms with Crippen molar-refractivity contribution in [1.29, 1.82) is 5.26 Å². The number of hydrogen-bond acceptors (Lipinski definition) is 5. The Kier molecular flexibility index (Phi) is 5.28. The maximum Gasteiger partial charge on any atom is 0.260 e. The molecule has 1 aliphatic rings. The van der Waals surface area contributed by atoms with E-state index >= 15 is 0 Å². The molecule has 0 spiro atoms. The number of rotatable bonds is 4. The molecule has 2 aromatic rings. The predicted octanol–water partition coefficient (Wildman–Crippen LogP) is 2.18. The van der Waals surface area contributed by atoms with Crippen molar-refractivity contribution in [2.75, 3.05) is 43.4 Å². The van der Waals surface area contributed by atoms with Gasteiger partial charge in [0.1, 0.15) is 11.8 Å². The van der Waals surface area contributed by atoms with Crippen molar-refractivity contribution in [3.05, 3.63) is 53.6 Å². The number of nitrogens with two attached hydrogens (primary N) is 1. The van der Waals surface area contributed by atoms with Crippen LogP contribution in [0.2, 0.25) is 0 Å². The molecule has 2 N–H and O–H groups in total. The number of carbonyl (C=O) groups is 1. The van der Waals surface area contributed by atoms with Gasteiger partial charge in [0.15, 0.2) is 6.61 Å². The summed E-state index contributed by atoms with van der Waals surface area (Å²) in [6.45, 7) is 4.58. The van der Waals surface area contributed by atoms with E-state index in [9.17, 15) is 10.1 Å². The molecule has 0 aliphatic carbocycles. The summed E-state index contributed by atoms with van der Waals surface area (Å²) < 4.78 is 5.60. The second-order valence-electron chi connectivity index (χ2n) is 6.36. The van der Waals surface area contributed by atoms with E-state index in [-0.39, 0.29) is 12.5 Å². The number of piperazine rings is 1. The Hall–Kier alpha value is -3.20. The highest BCUT2D eigenvalue weighted by molar-refractivity contribution is 5.78. The molecule has 0 bridgehead atoms. The molecule has 0 aromatic heterocycles. The van der Waals surface area contributed by atoms with Gasteiger partial charge in [0.05, 0.1) is 11.3 Å². The molecule has 2 aromatic carbocycles. The highest BCUT2D eigenvalue weighted by Gasteiger charge is 2.23. The zero-order valence-corrected chi connectivity index (χ0v) is 14.8. The van der Waals surface area contributed by atoms with Crippen molar-refractivity contribution in [2.45, 2.75) is 6.92 Å². The maximum atomic E-state index is 12.4. The number of nitrogens with zero attached hydrogens (tertiary/aromatic N) is 3. The van der Waals surface area contributed by atoms with Crippen LogP contribution in [0, 0.1) is 18.3 Å². The normalized spacial score (nSPS) is 14.0. The topological polar surface area (TPSA) is 82.6 Å². The third-order valence-electron chi connectivity index (χ3n) is 4.47. The number of aryl methyl sites for hydroxylation is 1. The number of benzene rings is 2. The number of hydrogen-bond donors (Lipinski definition) is 1. The van der Waals surface area contributed by atoms with E-state index in [1.807, 2.05) is 37.3 Å². The smallest absolute Gasteiger partial charge is 0.260 e. The molecule has 1 amide bonds. The standard InChI is InChI=1S/C20H22N4O2/c1-15-3-2-4-18(11-15)26-14-20(25)24-9-7-23(8-10-24)19-6-5-17(22)12-16(19)13-21/h2-6,11-12H,7-10,14,22H2,1H3. The van der Waals surface area contributed by atoms with E-state index in [1.165, 1.54) is 0 Å². The number of anilines is 2. The number of amides is 1. The Morgan fingerprint density at radius 2 is 1.96 bits per heavy atom. The van der Waals surface area contributed by atoms with Crippen molar-refractivity contribution in [3.8, 4) is 11.8 Å². The van der Waals surface area contributed by atoms with Crippen molar-refractivity contribution < 1.29 is 9.53 Å². The van der Waals surface area contributed by atoms with Crippen LogP contribution in [-0.4, -0.2) is 43.6 Å². The summed E-state index contributed by atoms with van der Waals surface area (Å²) in [6, 6.07) is 15.2. The van der Waals surface area contributed by atoms with Crippen molar-refractivity contribution in [1.82, 2.24) is 4.90 Å². The zero-order valence-electron chi connectivity index (χ0n) is 14.8. The Morgan fingerprint density at radius 3 is 2.65 bits per heavy atom. The van der Waals surface area contributed by atoms with E-state index in [2.05, 4.69) is 11.0 Å². The van der Waals surface area contributed by atoms with Gasteiger partial charge in [-0.3, -0.25) is 4.79 Å². The lowest BCUT2D eigenvalue weighted by molar-refractivity contribution is -0.133. The number of nitrogen functional groups attached to an aromatic ring is 1. The molecule has 1 fully saturated rings. The van der Waals surface area contributed by atoms with Crippen LogP contribution in [-0.2, 0) is 4.79 Å². The first kappa shape index (κ1) is 17.6. The second kappa shape index (κ2) is 7.79. The summed E-state index contributed by atoms with van der Waals surface area (Å²) in [6.07, 6.45) is 0. The van der Waals surface area contributed by atoms with E-state index < -0.39 is 0 Å². The highest BCUT2D eigenvalue weighted by Crippen LogP contribution is 2.23. The van der Waals surface area contributed by atoms with Gasteiger partial charge >= 0.3 is 0 Å². The Labute approximate surface area is 153 Å². The minimum Gasteiger partial charge on any atom is -0.484 e. The molecule has 1 heterocycles. The summed E-state index contributed by atoms with van der Waals surface area (Å²) >= 11 is 0. The zero-order chi connectivity index (χ0) is 18.5. The Balaban J connectivity index is 1.55. The molecule has 3 rings (SSSR count). The van der Waals surface area contributed by atoms with Gasteiger partial charge in [0, 0.05) is 31.9 Å². The molecule has 0 unspecified atom stereocenters. The predicted molar refractivity (Wildman–Crippen MR) is 101 cm³/mol. The van der Waals surface area contributed by atoms with Crippen molar-refractivity contribution in [2.24, 2.45) is 0 Å². The fourth-order valence-electron chi connectivity index (χ4n) is 3.06. The summed E-state index contributed by atoms with van der Waals surface area (Å²) in [7, 11) is 0. The van der Waals surface area contributed by atoms with Crippen LogP contribution in [0.1, 0.15) is 11.1 Å². The minimum absolute atomic E-state index is 0.0241. The Bertz CT molecular complexity index is 836. The highest BCUT2D eigenvalue weighted by atomic mass is 16.5. The molecular formula is C20H22N4O2. The van der Waals surface area contributed by atoms with Gasteiger partial charge in [-0.15, -0.1) is 0 Å². The molecule has 0 radical (unpaired) electrons. The van der Waals surface area contributed by atoms with Gasteiger partial charge in [-0.25, -0.2) is 0 Å². The molecule has 26 heavy (non-hydrogen) atoms. The molecular weight excluding hydrogens is 328 g/mol. The summed E-state index contributed by atoms with van der Waals surface area (Å²) in [5.41, 5.74) is 8.85. The van der Waals surface area contributed by atoms with E-state index in [4.69, 9.17) is 10.5 Å². The Morgan fingerprint density at radius 1 is 1.19 bits per heavy atom. The van der Waals surface area contributed by atoms with E-state index in [1.54, 1.807) is 17.0 Å². The number of ether oxygens (including phenoxy) is 1. The third-order valence-corrected chi connectivity index (χ3v) is 4.47. The van der Waals surface area contributed by atoms with Gasteiger partial charge in [0.25, 0.3) is 5.91 Å². The first-order valence-corrected chi connectivity index (χ1v) is 8.58. The first-order chi connectivity index (χ1) is 12.6. The minimum atomic E-state index is -0.0241.